The quantitative estimate of drug-likeness (QED) is 0.724. The van der Waals surface area contributed by atoms with Gasteiger partial charge in [-0.05, 0) is 23.6 Å². The van der Waals surface area contributed by atoms with Gasteiger partial charge in [0.25, 0.3) is 0 Å². The highest BCUT2D eigenvalue weighted by Gasteiger charge is 2.16. The van der Waals surface area contributed by atoms with E-state index in [9.17, 15) is 4.79 Å². The van der Waals surface area contributed by atoms with Gasteiger partial charge in [-0.2, -0.15) is 0 Å². The van der Waals surface area contributed by atoms with Crippen LogP contribution in [0.3, 0.4) is 0 Å². The number of aliphatic carboxylic acids is 1. The second-order valence-electron chi connectivity index (χ2n) is 4.27. The lowest BCUT2D eigenvalue weighted by Crippen LogP contribution is -1.98. The molecule has 108 valence electrons. The molecule has 0 radical (unpaired) electrons. The monoisotopic (exact) mass is 320 g/mol. The molecule has 21 heavy (non-hydrogen) atoms. The lowest BCUT2D eigenvalue weighted by Gasteiger charge is -1.98. The molecule has 3 rings (SSSR count). The average Bonchev–Trinajstić information content (AvgIpc) is 3.18. The third kappa shape index (κ3) is 3.32. The van der Waals surface area contributed by atoms with E-state index in [-0.39, 0.29) is 6.42 Å². The summed E-state index contributed by atoms with van der Waals surface area (Å²) in [4.78, 5) is 17.2. The van der Waals surface area contributed by atoms with E-state index in [2.05, 4.69) is 10.3 Å². The number of carbonyl (C=O) groups is 1. The number of aromatic nitrogens is 1. The fourth-order valence-corrected chi connectivity index (χ4v) is 3.63. The van der Waals surface area contributed by atoms with E-state index in [1.807, 2.05) is 29.6 Å². The number of anilines is 1. The summed E-state index contributed by atoms with van der Waals surface area (Å²) in [5, 5.41) is 14.8. The average molecular weight is 320 g/mol. The summed E-state index contributed by atoms with van der Waals surface area (Å²) in [5.41, 5.74) is 0.749. The zero-order valence-corrected chi connectivity index (χ0v) is 12.5. The van der Waals surface area contributed by atoms with Gasteiger partial charge in [-0.3, -0.25) is 4.79 Å². The molecule has 0 fully saturated rings. The van der Waals surface area contributed by atoms with E-state index in [4.69, 9.17) is 9.52 Å². The SMILES string of the molecule is O=C(O)Cc1sc(NCc2ccco2)nc1-c1cccs1. The fourth-order valence-electron chi connectivity index (χ4n) is 1.87. The van der Waals surface area contributed by atoms with Crippen LogP contribution < -0.4 is 5.32 Å². The van der Waals surface area contributed by atoms with E-state index in [0.29, 0.717) is 11.7 Å². The van der Waals surface area contributed by atoms with Crippen LogP contribution in [0.2, 0.25) is 0 Å². The van der Waals surface area contributed by atoms with Crippen molar-refractivity contribution in [2.45, 2.75) is 13.0 Å². The molecule has 2 N–H and O–H groups in total. The van der Waals surface area contributed by atoms with Gasteiger partial charge in [0.05, 0.1) is 29.8 Å². The number of carboxylic acid groups (broad SMARTS) is 1. The Morgan fingerprint density at radius 2 is 2.29 bits per heavy atom. The number of hydrogen-bond acceptors (Lipinski definition) is 6. The van der Waals surface area contributed by atoms with E-state index in [1.54, 1.807) is 17.6 Å². The second-order valence-corrected chi connectivity index (χ2v) is 6.30. The summed E-state index contributed by atoms with van der Waals surface area (Å²) in [5.74, 6) is -0.0447. The van der Waals surface area contributed by atoms with Gasteiger partial charge in [-0.15, -0.1) is 22.7 Å². The molecule has 0 aromatic carbocycles. The van der Waals surface area contributed by atoms with Crippen LogP contribution >= 0.6 is 22.7 Å². The smallest absolute Gasteiger partial charge is 0.308 e. The van der Waals surface area contributed by atoms with Crippen LogP contribution in [0.1, 0.15) is 10.6 Å². The Morgan fingerprint density at radius 3 is 2.95 bits per heavy atom. The Labute approximate surface area is 128 Å². The fraction of sp³-hybridized carbons (Fsp3) is 0.143. The van der Waals surface area contributed by atoms with Crippen LogP contribution in [0.5, 0.6) is 0 Å². The van der Waals surface area contributed by atoms with Crippen LogP contribution in [-0.2, 0) is 17.8 Å². The molecule has 0 saturated heterocycles. The molecule has 0 saturated carbocycles. The molecule has 0 unspecified atom stereocenters. The highest BCUT2D eigenvalue weighted by atomic mass is 32.1. The van der Waals surface area contributed by atoms with Crippen molar-refractivity contribution in [2.24, 2.45) is 0 Å². The predicted octanol–water partition coefficient (Wildman–Crippen LogP) is 3.70. The maximum Gasteiger partial charge on any atom is 0.308 e. The molecule has 0 amide bonds. The number of thiazole rings is 1. The highest BCUT2D eigenvalue weighted by molar-refractivity contribution is 7.17. The third-order valence-corrected chi connectivity index (χ3v) is 4.65. The molecule has 0 spiro atoms. The number of hydrogen-bond donors (Lipinski definition) is 2. The molecule has 3 aromatic heterocycles. The minimum Gasteiger partial charge on any atom is -0.481 e. The van der Waals surface area contributed by atoms with Crippen LogP contribution in [-0.4, -0.2) is 16.1 Å². The maximum absolute atomic E-state index is 11.0. The number of nitrogens with one attached hydrogen (secondary N) is 1. The summed E-state index contributed by atoms with van der Waals surface area (Å²) in [6.45, 7) is 0.525. The van der Waals surface area contributed by atoms with Crippen LogP contribution in [0.25, 0.3) is 10.6 Å². The summed E-state index contributed by atoms with van der Waals surface area (Å²) in [6, 6.07) is 7.58. The topological polar surface area (TPSA) is 75.4 Å². The van der Waals surface area contributed by atoms with Crippen molar-refractivity contribution in [3.05, 3.63) is 46.5 Å². The largest absolute Gasteiger partial charge is 0.481 e. The van der Waals surface area contributed by atoms with Gasteiger partial charge in [0.15, 0.2) is 5.13 Å². The van der Waals surface area contributed by atoms with Crippen molar-refractivity contribution in [3.8, 4) is 10.6 Å². The first-order valence-electron chi connectivity index (χ1n) is 6.24. The van der Waals surface area contributed by atoms with Crippen LogP contribution in [0.4, 0.5) is 5.13 Å². The number of carboxylic acids is 1. The van der Waals surface area contributed by atoms with Gasteiger partial charge in [0.1, 0.15) is 5.76 Å². The van der Waals surface area contributed by atoms with Gasteiger partial charge in [-0.25, -0.2) is 4.98 Å². The molecule has 7 heteroatoms. The van der Waals surface area contributed by atoms with Crippen LogP contribution in [0.15, 0.2) is 40.3 Å². The summed E-state index contributed by atoms with van der Waals surface area (Å²) in [7, 11) is 0. The third-order valence-electron chi connectivity index (χ3n) is 2.76. The van der Waals surface area contributed by atoms with E-state index >= 15 is 0 Å². The number of thiophene rings is 1. The first kappa shape index (κ1) is 13.8. The van der Waals surface area contributed by atoms with Crippen molar-refractivity contribution in [1.82, 2.24) is 4.98 Å². The first-order valence-corrected chi connectivity index (χ1v) is 7.93. The highest BCUT2D eigenvalue weighted by Crippen LogP contribution is 2.34. The normalized spacial score (nSPS) is 10.7. The van der Waals surface area contributed by atoms with Crippen LogP contribution in [0, 0.1) is 0 Å². The molecular formula is C14H12N2O3S2. The number of rotatable bonds is 6. The Morgan fingerprint density at radius 1 is 1.38 bits per heavy atom. The molecule has 5 nitrogen and oxygen atoms in total. The predicted molar refractivity (Wildman–Crippen MR) is 82.8 cm³/mol. The van der Waals surface area contributed by atoms with Crippen molar-refractivity contribution < 1.29 is 14.3 Å². The molecular weight excluding hydrogens is 308 g/mol. The molecule has 0 aliphatic heterocycles. The maximum atomic E-state index is 11.0. The van der Waals surface area contributed by atoms with E-state index in [0.717, 1.165) is 21.2 Å². The van der Waals surface area contributed by atoms with Crippen molar-refractivity contribution in [1.29, 1.82) is 0 Å². The molecule has 3 heterocycles. The van der Waals surface area contributed by atoms with E-state index in [1.165, 1.54) is 11.3 Å². The standard InChI is InChI=1S/C14H12N2O3S2/c17-12(18)7-11-13(10-4-2-6-20-10)16-14(21-11)15-8-9-3-1-5-19-9/h1-6H,7-8H2,(H,15,16)(H,17,18). The minimum atomic E-state index is -0.853. The molecule has 0 aliphatic rings. The second kappa shape index (κ2) is 6.11. The van der Waals surface area contributed by atoms with Crippen molar-refractivity contribution in [3.63, 3.8) is 0 Å². The van der Waals surface area contributed by atoms with Crippen molar-refractivity contribution >= 4 is 33.8 Å². The number of nitrogens with zero attached hydrogens (tertiary/aromatic N) is 1. The Bertz CT molecular complexity index is 718. The molecule has 0 atom stereocenters. The zero-order chi connectivity index (χ0) is 14.7. The lowest BCUT2D eigenvalue weighted by molar-refractivity contribution is -0.136. The van der Waals surface area contributed by atoms with Gasteiger partial charge < -0.3 is 14.8 Å². The summed E-state index contributed by atoms with van der Waals surface area (Å²) >= 11 is 2.92. The summed E-state index contributed by atoms with van der Waals surface area (Å²) < 4.78 is 5.25. The van der Waals surface area contributed by atoms with Gasteiger partial charge in [0.2, 0.25) is 0 Å². The minimum absolute atomic E-state index is 0.0205. The zero-order valence-electron chi connectivity index (χ0n) is 10.9. The molecule has 0 bridgehead atoms. The van der Waals surface area contributed by atoms with E-state index < -0.39 is 5.97 Å². The molecule has 3 aromatic rings. The van der Waals surface area contributed by atoms with Gasteiger partial charge >= 0.3 is 5.97 Å². The summed E-state index contributed by atoms with van der Waals surface area (Å²) in [6.07, 6.45) is 1.60. The molecule has 0 aliphatic carbocycles. The van der Waals surface area contributed by atoms with Crippen molar-refractivity contribution in [2.75, 3.05) is 5.32 Å². The van der Waals surface area contributed by atoms with Gasteiger partial charge in [-0.1, -0.05) is 6.07 Å². The Kier molecular flexibility index (Phi) is 4.03. The lowest BCUT2D eigenvalue weighted by atomic mass is 10.2. The van der Waals surface area contributed by atoms with Gasteiger partial charge in [0, 0.05) is 4.88 Å². The Balaban J connectivity index is 1.83. The first-order chi connectivity index (χ1) is 10.2. The Hall–Kier alpha value is -2.12. The number of furan rings is 1.